The van der Waals surface area contributed by atoms with Gasteiger partial charge in [-0.1, -0.05) is 12.1 Å². The van der Waals surface area contributed by atoms with Crippen LogP contribution in [0.1, 0.15) is 0 Å². The van der Waals surface area contributed by atoms with Crippen LogP contribution in [-0.2, 0) is 0 Å². The first-order valence-corrected chi connectivity index (χ1v) is 6.19. The number of fused-ring (bicyclic) bond motifs is 3. The second-order valence-corrected chi connectivity index (χ2v) is 4.52. The molecule has 4 aromatic rings. The molecule has 0 aliphatic rings. The van der Waals surface area contributed by atoms with Gasteiger partial charge < -0.3 is 8.83 Å². The number of aromatic nitrogens is 2. The normalized spacial score (nSPS) is 11.4. The van der Waals surface area contributed by atoms with Crippen molar-refractivity contribution < 1.29 is 8.83 Å². The highest BCUT2D eigenvalue weighted by Crippen LogP contribution is 2.25. The molecule has 3 heterocycles. The van der Waals surface area contributed by atoms with E-state index in [0.717, 1.165) is 22.2 Å². The Hall–Kier alpha value is -2.40. The molecule has 0 saturated heterocycles. The van der Waals surface area contributed by atoms with Crippen LogP contribution in [0.2, 0.25) is 0 Å². The second kappa shape index (κ2) is 3.80. The molecule has 19 heavy (non-hydrogen) atoms. The highest BCUT2D eigenvalue weighted by molar-refractivity contribution is 7.71. The van der Waals surface area contributed by atoms with Gasteiger partial charge in [0.15, 0.2) is 5.76 Å². The third kappa shape index (κ3) is 1.52. The topological polar surface area (TPSA) is 43.6 Å². The molecule has 0 bridgehead atoms. The van der Waals surface area contributed by atoms with Crippen molar-refractivity contribution in [1.82, 2.24) is 9.61 Å². The van der Waals surface area contributed by atoms with Gasteiger partial charge in [-0.25, -0.2) is 0 Å². The smallest absolute Gasteiger partial charge is 0.290 e. The van der Waals surface area contributed by atoms with Gasteiger partial charge in [-0.2, -0.15) is 9.61 Å². The van der Waals surface area contributed by atoms with Crippen molar-refractivity contribution in [2.45, 2.75) is 0 Å². The Balaban J connectivity index is 2.16. The molecule has 0 radical (unpaired) electrons. The molecule has 0 aliphatic heterocycles. The Bertz CT molecular complexity index is 935. The Morgan fingerprint density at radius 1 is 1.11 bits per heavy atom. The maximum atomic E-state index is 5.59. The van der Waals surface area contributed by atoms with E-state index in [1.165, 1.54) is 0 Å². The Kier molecular flexibility index (Phi) is 2.10. The van der Waals surface area contributed by atoms with Crippen molar-refractivity contribution in [3.8, 4) is 11.5 Å². The van der Waals surface area contributed by atoms with Crippen LogP contribution in [0.3, 0.4) is 0 Å². The van der Waals surface area contributed by atoms with Crippen molar-refractivity contribution in [2.24, 2.45) is 0 Å². The lowest BCUT2D eigenvalue weighted by atomic mass is 10.2. The molecule has 0 atom stereocenters. The van der Waals surface area contributed by atoms with Gasteiger partial charge in [0.25, 0.3) is 4.84 Å². The van der Waals surface area contributed by atoms with Crippen molar-refractivity contribution in [1.29, 1.82) is 0 Å². The average molecular weight is 268 g/mol. The predicted octanol–water partition coefficient (Wildman–Crippen LogP) is 4.07. The van der Waals surface area contributed by atoms with E-state index in [-0.39, 0.29) is 0 Å². The number of hydrogen-bond acceptors (Lipinski definition) is 4. The molecule has 92 valence electrons. The van der Waals surface area contributed by atoms with Crippen LogP contribution >= 0.6 is 12.2 Å². The first kappa shape index (κ1) is 10.5. The van der Waals surface area contributed by atoms with Gasteiger partial charge >= 0.3 is 0 Å². The van der Waals surface area contributed by atoms with Crippen molar-refractivity contribution in [3.05, 3.63) is 53.6 Å². The van der Waals surface area contributed by atoms with E-state index in [4.69, 9.17) is 21.1 Å². The fraction of sp³-hybridized carbons (Fsp3) is 0. The third-order valence-corrected chi connectivity index (χ3v) is 3.27. The number of benzene rings is 1. The van der Waals surface area contributed by atoms with E-state index < -0.39 is 0 Å². The number of para-hydroxylation sites is 1. The second-order valence-electron chi connectivity index (χ2n) is 4.17. The summed E-state index contributed by atoms with van der Waals surface area (Å²) >= 11 is 5.23. The third-order valence-electron chi connectivity index (χ3n) is 3.02. The average Bonchev–Trinajstić information content (AvgIpc) is 3.08. The fourth-order valence-electron chi connectivity index (χ4n) is 2.16. The Labute approximate surface area is 112 Å². The molecule has 0 unspecified atom stereocenters. The van der Waals surface area contributed by atoms with Gasteiger partial charge in [0.05, 0.1) is 11.8 Å². The molecule has 0 aliphatic carbocycles. The highest BCUT2D eigenvalue weighted by Gasteiger charge is 2.11. The summed E-state index contributed by atoms with van der Waals surface area (Å²) < 4.78 is 12.6. The van der Waals surface area contributed by atoms with E-state index in [1.54, 1.807) is 10.8 Å². The van der Waals surface area contributed by atoms with Gasteiger partial charge in [-0.05, 0) is 42.5 Å². The minimum absolute atomic E-state index is 0.325. The highest BCUT2D eigenvalue weighted by atomic mass is 32.1. The van der Waals surface area contributed by atoms with Crippen LogP contribution in [0, 0.1) is 4.84 Å². The standard InChI is InChI=1S/C14H8N2O2S/c19-14-16-11(9-4-1-2-5-12(9)18-14)8-10(15-16)13-6-3-7-17-13/h1-8H. The van der Waals surface area contributed by atoms with E-state index in [0.29, 0.717) is 10.6 Å². The number of nitrogens with zero attached hydrogens (tertiary/aromatic N) is 2. The van der Waals surface area contributed by atoms with Gasteiger partial charge in [-0.15, -0.1) is 0 Å². The van der Waals surface area contributed by atoms with E-state index >= 15 is 0 Å². The summed E-state index contributed by atoms with van der Waals surface area (Å²) in [5, 5.41) is 5.40. The van der Waals surface area contributed by atoms with Crippen LogP contribution in [-0.4, -0.2) is 9.61 Å². The minimum atomic E-state index is 0.325. The predicted molar refractivity (Wildman–Crippen MR) is 73.5 cm³/mol. The van der Waals surface area contributed by atoms with Gasteiger partial charge in [0, 0.05) is 5.39 Å². The molecule has 0 N–H and O–H groups in total. The Morgan fingerprint density at radius 3 is 2.84 bits per heavy atom. The summed E-state index contributed by atoms with van der Waals surface area (Å²) in [5.41, 5.74) is 2.41. The van der Waals surface area contributed by atoms with Crippen LogP contribution in [0.5, 0.6) is 0 Å². The molecule has 0 fully saturated rings. The minimum Gasteiger partial charge on any atom is -0.463 e. The summed E-state index contributed by atoms with van der Waals surface area (Å²) in [7, 11) is 0. The van der Waals surface area contributed by atoms with Crippen LogP contribution in [0.25, 0.3) is 27.9 Å². The summed E-state index contributed by atoms with van der Waals surface area (Å²) in [5.74, 6) is 0.710. The summed E-state index contributed by atoms with van der Waals surface area (Å²) in [6.45, 7) is 0. The summed E-state index contributed by atoms with van der Waals surface area (Å²) in [6, 6.07) is 13.4. The fourth-order valence-corrected chi connectivity index (χ4v) is 2.39. The molecule has 0 saturated carbocycles. The zero-order valence-corrected chi connectivity index (χ0v) is 10.6. The molecule has 4 rings (SSSR count). The largest absolute Gasteiger partial charge is 0.463 e. The molecule has 4 nitrogen and oxygen atoms in total. The van der Waals surface area contributed by atoms with E-state index in [9.17, 15) is 0 Å². The maximum absolute atomic E-state index is 5.59. The lowest BCUT2D eigenvalue weighted by molar-refractivity contribution is 0.536. The molecule has 3 aromatic heterocycles. The zero-order chi connectivity index (χ0) is 12.8. The van der Waals surface area contributed by atoms with Gasteiger partial charge in [-0.3, -0.25) is 0 Å². The quantitative estimate of drug-likeness (QED) is 0.488. The number of rotatable bonds is 1. The first-order chi connectivity index (χ1) is 9.33. The van der Waals surface area contributed by atoms with Gasteiger partial charge in [0.2, 0.25) is 0 Å². The van der Waals surface area contributed by atoms with Gasteiger partial charge in [0.1, 0.15) is 11.3 Å². The van der Waals surface area contributed by atoms with E-state index in [2.05, 4.69) is 5.10 Å². The summed E-state index contributed by atoms with van der Waals surface area (Å²) in [6.07, 6.45) is 1.62. The maximum Gasteiger partial charge on any atom is 0.290 e. The number of furan rings is 1. The Morgan fingerprint density at radius 2 is 2.00 bits per heavy atom. The summed E-state index contributed by atoms with van der Waals surface area (Å²) in [4.78, 5) is 0.325. The molecule has 0 amide bonds. The first-order valence-electron chi connectivity index (χ1n) is 5.78. The number of hydrogen-bond donors (Lipinski definition) is 0. The van der Waals surface area contributed by atoms with Crippen molar-refractivity contribution in [2.75, 3.05) is 0 Å². The monoisotopic (exact) mass is 268 g/mol. The zero-order valence-electron chi connectivity index (χ0n) is 9.74. The molecule has 1 aromatic carbocycles. The van der Waals surface area contributed by atoms with Crippen LogP contribution in [0.15, 0.2) is 57.6 Å². The lowest BCUT2D eigenvalue weighted by Gasteiger charge is -1.98. The lowest BCUT2D eigenvalue weighted by Crippen LogP contribution is -1.90. The molecule has 0 spiro atoms. The molecule has 5 heteroatoms. The SMILES string of the molecule is S=c1oc2ccccc2c2cc(-c3ccco3)nn12. The van der Waals surface area contributed by atoms with Crippen LogP contribution in [0.4, 0.5) is 0 Å². The molecular weight excluding hydrogens is 260 g/mol. The molecular formula is C14H8N2O2S. The van der Waals surface area contributed by atoms with Crippen molar-refractivity contribution in [3.63, 3.8) is 0 Å². The van der Waals surface area contributed by atoms with E-state index in [1.807, 2.05) is 42.5 Å². The van der Waals surface area contributed by atoms with Crippen LogP contribution < -0.4 is 0 Å². The van der Waals surface area contributed by atoms with Crippen molar-refractivity contribution >= 4 is 28.7 Å².